The number of nitrogens with two attached hydrogens (primary N) is 2. The number of amides is 2. The molecule has 4 rings (SSSR count). The number of Topliss-reactive ketones (excluding diaryl/α,β-unsaturated/α-hetero) is 1. The molecular weight excluding hydrogens is 684 g/mol. The lowest BCUT2D eigenvalue weighted by molar-refractivity contribution is -0.141. The number of nitrogens with one attached hydrogen (secondary N) is 2. The standard InChI is InChI=1S/C20H22N2O5.C19H20N2O5/c1-14(19(24)25)21-18(23)17(12-15-8-4-2-5-9-15)22-20(26)27-13-16-10-6-3-7-11-16;1-11-5-3-7-14(20)16(11)18(23)25-9-13(22)10-26-19(24)17-12(2)6-4-8-15(17)21/h2-11,14,17H,12-13H2,1H3,(H,21,23)(H,22,26)(H,24,25);3-8H,9-10,20-21H2,1-2H3/t14-,17-;/m0./s1. The van der Waals surface area contributed by atoms with E-state index >= 15 is 0 Å². The first-order valence-corrected chi connectivity index (χ1v) is 16.4. The third-order valence-corrected chi connectivity index (χ3v) is 7.58. The van der Waals surface area contributed by atoms with Gasteiger partial charge in [0.15, 0.2) is 13.2 Å². The van der Waals surface area contributed by atoms with Crippen LogP contribution in [0, 0.1) is 13.8 Å². The van der Waals surface area contributed by atoms with Crippen molar-refractivity contribution in [3.05, 3.63) is 130 Å². The number of carboxylic acids is 1. The predicted molar refractivity (Wildman–Crippen MR) is 196 cm³/mol. The first-order chi connectivity index (χ1) is 25.3. The number of benzene rings is 4. The Hall–Kier alpha value is -6.70. The Morgan fingerprint density at radius 3 is 1.57 bits per heavy atom. The minimum absolute atomic E-state index is 0.0673. The molecule has 0 spiro atoms. The number of carbonyl (C=O) groups excluding carboxylic acids is 5. The van der Waals surface area contributed by atoms with Crippen molar-refractivity contribution in [2.75, 3.05) is 24.7 Å². The van der Waals surface area contributed by atoms with E-state index in [4.69, 9.17) is 30.8 Å². The molecule has 2 atom stereocenters. The lowest BCUT2D eigenvalue weighted by atomic mass is 10.1. The highest BCUT2D eigenvalue weighted by Crippen LogP contribution is 2.18. The van der Waals surface area contributed by atoms with Crippen LogP contribution in [0.4, 0.5) is 16.2 Å². The highest BCUT2D eigenvalue weighted by Gasteiger charge is 2.25. The largest absolute Gasteiger partial charge is 0.480 e. The van der Waals surface area contributed by atoms with Crippen LogP contribution in [-0.2, 0) is 41.6 Å². The Morgan fingerprint density at radius 2 is 1.11 bits per heavy atom. The van der Waals surface area contributed by atoms with Crippen LogP contribution in [0.25, 0.3) is 0 Å². The molecule has 0 saturated heterocycles. The number of hydrogen-bond acceptors (Lipinski definition) is 11. The summed E-state index contributed by atoms with van der Waals surface area (Å²) in [5.74, 6) is -3.73. The van der Waals surface area contributed by atoms with Crippen LogP contribution >= 0.6 is 0 Å². The van der Waals surface area contributed by atoms with E-state index in [-0.39, 0.29) is 35.5 Å². The van der Waals surface area contributed by atoms with Crippen molar-refractivity contribution in [2.24, 2.45) is 0 Å². The highest BCUT2D eigenvalue weighted by atomic mass is 16.6. The van der Waals surface area contributed by atoms with Crippen LogP contribution in [0.5, 0.6) is 0 Å². The Morgan fingerprint density at radius 1 is 0.642 bits per heavy atom. The average molecular weight is 727 g/mol. The van der Waals surface area contributed by atoms with Crippen molar-refractivity contribution in [3.8, 4) is 0 Å². The van der Waals surface area contributed by atoms with Crippen LogP contribution in [0.2, 0.25) is 0 Å². The summed E-state index contributed by atoms with van der Waals surface area (Å²) in [6.07, 6.45) is -0.544. The van der Waals surface area contributed by atoms with Crippen molar-refractivity contribution in [1.82, 2.24) is 10.6 Å². The van der Waals surface area contributed by atoms with Gasteiger partial charge in [0.2, 0.25) is 11.7 Å². The number of anilines is 2. The maximum atomic E-state index is 12.4. The second kappa shape index (κ2) is 20.2. The molecule has 278 valence electrons. The number of rotatable bonds is 14. The van der Waals surface area contributed by atoms with Crippen LogP contribution in [-0.4, -0.2) is 66.1 Å². The quantitative estimate of drug-likeness (QED) is 0.0701. The molecule has 0 heterocycles. The van der Waals surface area contributed by atoms with Crippen LogP contribution in [0.3, 0.4) is 0 Å². The third-order valence-electron chi connectivity index (χ3n) is 7.58. The molecule has 14 nitrogen and oxygen atoms in total. The average Bonchev–Trinajstić information content (AvgIpc) is 3.13. The van der Waals surface area contributed by atoms with Gasteiger partial charge in [-0.1, -0.05) is 84.9 Å². The fourth-order valence-electron chi connectivity index (χ4n) is 4.76. The second-order valence-corrected chi connectivity index (χ2v) is 11.8. The Balaban J connectivity index is 0.000000286. The van der Waals surface area contributed by atoms with Gasteiger partial charge in [0.1, 0.15) is 18.7 Å². The first-order valence-electron chi connectivity index (χ1n) is 16.4. The van der Waals surface area contributed by atoms with E-state index in [1.807, 2.05) is 60.7 Å². The van der Waals surface area contributed by atoms with E-state index in [2.05, 4.69) is 10.6 Å². The smallest absolute Gasteiger partial charge is 0.408 e. The van der Waals surface area contributed by atoms with E-state index in [0.717, 1.165) is 11.1 Å². The zero-order chi connectivity index (χ0) is 38.9. The summed E-state index contributed by atoms with van der Waals surface area (Å²) in [4.78, 5) is 71.5. The van der Waals surface area contributed by atoms with Gasteiger partial charge in [-0.3, -0.25) is 14.4 Å². The number of ketones is 1. The molecule has 53 heavy (non-hydrogen) atoms. The molecule has 0 unspecified atom stereocenters. The first kappa shape index (κ1) is 40.7. The normalized spacial score (nSPS) is 11.4. The zero-order valence-electron chi connectivity index (χ0n) is 29.5. The van der Waals surface area contributed by atoms with E-state index in [9.17, 15) is 28.8 Å². The molecule has 0 aliphatic carbocycles. The van der Waals surface area contributed by atoms with E-state index in [0.29, 0.717) is 11.1 Å². The lowest BCUT2D eigenvalue weighted by Crippen LogP contribution is -2.51. The topological polar surface area (TPSA) is 226 Å². The molecule has 2 amide bonds. The molecule has 4 aromatic carbocycles. The second-order valence-electron chi connectivity index (χ2n) is 11.8. The molecule has 14 heteroatoms. The summed E-state index contributed by atoms with van der Waals surface area (Å²) in [7, 11) is 0. The number of carbonyl (C=O) groups is 6. The van der Waals surface area contributed by atoms with Gasteiger partial charge in [0.25, 0.3) is 0 Å². The van der Waals surface area contributed by atoms with E-state index < -0.39 is 61.0 Å². The number of nitrogen functional groups attached to an aromatic ring is 2. The van der Waals surface area contributed by atoms with E-state index in [1.165, 1.54) is 6.92 Å². The number of alkyl carbamates (subject to hydrolysis) is 1. The molecule has 0 aromatic heterocycles. The van der Waals surface area contributed by atoms with Crippen LogP contribution in [0.1, 0.15) is 49.9 Å². The van der Waals surface area contributed by atoms with Gasteiger partial charge in [-0.2, -0.15) is 0 Å². The number of aryl methyl sites for hydroxylation is 2. The number of esters is 2. The number of hydrogen-bond donors (Lipinski definition) is 5. The highest BCUT2D eigenvalue weighted by molar-refractivity contribution is 5.99. The van der Waals surface area contributed by atoms with Gasteiger partial charge in [-0.25, -0.2) is 14.4 Å². The van der Waals surface area contributed by atoms with Gasteiger partial charge in [-0.15, -0.1) is 0 Å². The molecule has 0 aliphatic heterocycles. The SMILES string of the molecule is C[C@H](NC(=O)[C@H](Cc1ccccc1)NC(=O)OCc1ccccc1)C(=O)O.Cc1cccc(N)c1C(=O)OCC(=O)COC(=O)c1c(C)cccc1N. The fourth-order valence-corrected chi connectivity index (χ4v) is 4.76. The van der Waals surface area contributed by atoms with Gasteiger partial charge >= 0.3 is 24.0 Å². The molecule has 4 aromatic rings. The molecule has 0 radical (unpaired) electrons. The van der Waals surface area contributed by atoms with Crippen molar-refractivity contribution < 1.29 is 48.1 Å². The molecule has 0 aliphatic rings. The maximum Gasteiger partial charge on any atom is 0.408 e. The van der Waals surface area contributed by atoms with Gasteiger partial charge in [0.05, 0.1) is 11.1 Å². The molecule has 0 fully saturated rings. The number of aliphatic carboxylic acids is 1. The lowest BCUT2D eigenvalue weighted by Gasteiger charge is -2.20. The maximum absolute atomic E-state index is 12.4. The van der Waals surface area contributed by atoms with Crippen molar-refractivity contribution >= 4 is 47.1 Å². The summed E-state index contributed by atoms with van der Waals surface area (Å²) in [6, 6.07) is 26.2. The minimum atomic E-state index is -1.16. The van der Waals surface area contributed by atoms with Crippen molar-refractivity contribution in [1.29, 1.82) is 0 Å². The molecule has 7 N–H and O–H groups in total. The monoisotopic (exact) mass is 726 g/mol. The Kier molecular flexibility index (Phi) is 15.5. The Bertz CT molecular complexity index is 1790. The van der Waals surface area contributed by atoms with Crippen LogP contribution < -0.4 is 22.1 Å². The molecule has 0 bridgehead atoms. The molecular formula is C39H42N4O10. The zero-order valence-corrected chi connectivity index (χ0v) is 29.5. The summed E-state index contributed by atoms with van der Waals surface area (Å²) < 4.78 is 15.1. The van der Waals surface area contributed by atoms with Gasteiger partial charge in [-0.05, 0) is 55.2 Å². The van der Waals surface area contributed by atoms with E-state index in [1.54, 1.807) is 50.2 Å². The van der Waals surface area contributed by atoms with Crippen molar-refractivity contribution in [2.45, 2.75) is 45.9 Å². The molecule has 0 saturated carbocycles. The van der Waals surface area contributed by atoms with Crippen molar-refractivity contribution in [3.63, 3.8) is 0 Å². The summed E-state index contributed by atoms with van der Waals surface area (Å²) >= 11 is 0. The predicted octanol–water partition coefficient (Wildman–Crippen LogP) is 4.16. The minimum Gasteiger partial charge on any atom is -0.480 e. The number of carboxylic acid groups (broad SMARTS) is 1. The van der Waals surface area contributed by atoms with Crippen LogP contribution in [0.15, 0.2) is 97.1 Å². The third kappa shape index (κ3) is 13.2. The Labute approximate surface area is 306 Å². The summed E-state index contributed by atoms with van der Waals surface area (Å²) in [6.45, 7) is 3.80. The summed E-state index contributed by atoms with van der Waals surface area (Å²) in [5, 5.41) is 13.9. The number of ether oxygens (including phenoxy) is 3. The van der Waals surface area contributed by atoms with Gasteiger partial charge < -0.3 is 41.4 Å². The fraction of sp³-hybridized carbons (Fsp3) is 0.231. The summed E-state index contributed by atoms with van der Waals surface area (Å²) in [5.41, 5.74) is 15.4. The van der Waals surface area contributed by atoms with Gasteiger partial charge in [0, 0.05) is 17.8 Å².